The Morgan fingerprint density at radius 1 is 1.14 bits per heavy atom. The van der Waals surface area contributed by atoms with Crippen LogP contribution in [0.15, 0.2) is 28.0 Å². The number of anilines is 1. The van der Waals surface area contributed by atoms with Gasteiger partial charge in [-0.25, -0.2) is 16.8 Å². The molecule has 1 aromatic rings. The number of benzene rings is 1. The first-order valence-corrected chi connectivity index (χ1v) is 10.6. The van der Waals surface area contributed by atoms with Gasteiger partial charge in [0.2, 0.25) is 0 Å². The van der Waals surface area contributed by atoms with E-state index in [0.29, 0.717) is 12.2 Å². The zero-order valence-corrected chi connectivity index (χ0v) is 15.2. The van der Waals surface area contributed by atoms with Crippen molar-refractivity contribution in [1.29, 1.82) is 0 Å². The molecule has 0 aliphatic carbocycles. The second-order valence-corrected chi connectivity index (χ2v) is 10.2. The van der Waals surface area contributed by atoms with E-state index in [4.69, 9.17) is 5.73 Å². The molecule has 22 heavy (non-hydrogen) atoms. The normalized spacial score (nSPS) is 15.6. The van der Waals surface area contributed by atoms with Crippen LogP contribution in [0.1, 0.15) is 20.8 Å². The fraction of sp³-hybridized carbons (Fsp3) is 0.571. The van der Waals surface area contributed by atoms with Gasteiger partial charge < -0.3 is 11.1 Å². The molecule has 1 atom stereocenters. The van der Waals surface area contributed by atoms with Crippen LogP contribution < -0.4 is 11.1 Å². The molecule has 0 bridgehead atoms. The Morgan fingerprint density at radius 2 is 1.68 bits per heavy atom. The molecule has 8 heteroatoms. The average Bonchev–Trinajstić information content (AvgIpc) is 2.33. The first-order valence-electron chi connectivity index (χ1n) is 6.82. The van der Waals surface area contributed by atoms with Crippen molar-refractivity contribution in [1.82, 2.24) is 0 Å². The number of nitrogens with two attached hydrogens (primary N) is 1. The second-order valence-electron chi connectivity index (χ2n) is 6.22. The minimum Gasteiger partial charge on any atom is -0.382 e. The van der Waals surface area contributed by atoms with Crippen LogP contribution in [0.4, 0.5) is 5.69 Å². The van der Waals surface area contributed by atoms with Crippen molar-refractivity contribution in [2.24, 2.45) is 11.7 Å². The maximum absolute atomic E-state index is 11.9. The minimum absolute atomic E-state index is 0.0298. The molecule has 0 radical (unpaired) electrons. The molecule has 0 fully saturated rings. The molecule has 126 valence electrons. The monoisotopic (exact) mass is 348 g/mol. The maximum atomic E-state index is 11.9. The SMILES string of the molecule is CC(C)C(C)(N)CNc1ccc(S(C)(=O)=O)cc1S(C)(=O)=O. The summed E-state index contributed by atoms with van der Waals surface area (Å²) in [5.74, 6) is 0.192. The summed E-state index contributed by atoms with van der Waals surface area (Å²) in [6.45, 7) is 6.19. The van der Waals surface area contributed by atoms with Crippen molar-refractivity contribution < 1.29 is 16.8 Å². The number of nitrogens with one attached hydrogen (secondary N) is 1. The van der Waals surface area contributed by atoms with E-state index in [1.807, 2.05) is 20.8 Å². The highest BCUT2D eigenvalue weighted by atomic mass is 32.2. The molecule has 1 rings (SSSR count). The van der Waals surface area contributed by atoms with E-state index in [-0.39, 0.29) is 15.7 Å². The Balaban J connectivity index is 3.27. The lowest BCUT2D eigenvalue weighted by molar-refractivity contribution is 0.358. The van der Waals surface area contributed by atoms with Crippen molar-refractivity contribution in [3.8, 4) is 0 Å². The molecule has 3 N–H and O–H groups in total. The van der Waals surface area contributed by atoms with E-state index in [9.17, 15) is 16.8 Å². The molecule has 0 aromatic heterocycles. The lowest BCUT2D eigenvalue weighted by atomic mass is 9.89. The van der Waals surface area contributed by atoms with Crippen LogP contribution in [-0.4, -0.2) is 41.4 Å². The van der Waals surface area contributed by atoms with E-state index in [1.54, 1.807) is 0 Å². The molecule has 0 spiro atoms. The second kappa shape index (κ2) is 6.17. The summed E-state index contributed by atoms with van der Waals surface area (Å²) in [6, 6.07) is 4.02. The third-order valence-electron chi connectivity index (χ3n) is 3.76. The van der Waals surface area contributed by atoms with E-state index < -0.39 is 25.2 Å². The lowest BCUT2D eigenvalue weighted by Crippen LogP contribution is -2.48. The summed E-state index contributed by atoms with van der Waals surface area (Å²) < 4.78 is 47.0. The third-order valence-corrected chi connectivity index (χ3v) is 6.01. The van der Waals surface area contributed by atoms with Crippen molar-refractivity contribution in [3.05, 3.63) is 18.2 Å². The van der Waals surface area contributed by atoms with Gasteiger partial charge in [0.15, 0.2) is 19.7 Å². The van der Waals surface area contributed by atoms with Gasteiger partial charge in [-0.2, -0.15) is 0 Å². The number of hydrogen-bond acceptors (Lipinski definition) is 6. The van der Waals surface area contributed by atoms with Crippen LogP contribution in [0.3, 0.4) is 0 Å². The van der Waals surface area contributed by atoms with E-state index in [2.05, 4.69) is 5.32 Å². The van der Waals surface area contributed by atoms with Crippen molar-refractivity contribution >= 4 is 25.4 Å². The molecular weight excluding hydrogens is 324 g/mol. The molecule has 0 aliphatic rings. The molecule has 6 nitrogen and oxygen atoms in total. The predicted octanol–water partition coefficient (Wildman–Crippen LogP) is 1.28. The zero-order valence-electron chi connectivity index (χ0n) is 13.5. The Bertz CT molecular complexity index is 751. The highest BCUT2D eigenvalue weighted by molar-refractivity contribution is 7.91. The number of hydrogen-bond donors (Lipinski definition) is 2. The maximum Gasteiger partial charge on any atom is 0.177 e. The predicted molar refractivity (Wildman–Crippen MR) is 88.6 cm³/mol. The largest absolute Gasteiger partial charge is 0.382 e. The van der Waals surface area contributed by atoms with Crippen LogP contribution >= 0.6 is 0 Å². The van der Waals surface area contributed by atoms with Gasteiger partial charge in [0.1, 0.15) is 0 Å². The van der Waals surface area contributed by atoms with E-state index >= 15 is 0 Å². The molecule has 1 unspecified atom stereocenters. The van der Waals surface area contributed by atoms with E-state index in [1.165, 1.54) is 18.2 Å². The summed E-state index contributed by atoms with van der Waals surface area (Å²) in [6.07, 6.45) is 2.08. The van der Waals surface area contributed by atoms with Gasteiger partial charge in [-0.05, 0) is 31.0 Å². The first-order chi connectivity index (χ1) is 9.75. The van der Waals surface area contributed by atoms with Crippen LogP contribution in [-0.2, 0) is 19.7 Å². The molecule has 0 aliphatic heterocycles. The lowest BCUT2D eigenvalue weighted by Gasteiger charge is -2.30. The van der Waals surface area contributed by atoms with Crippen molar-refractivity contribution in [3.63, 3.8) is 0 Å². The minimum atomic E-state index is -3.57. The Labute approximate surface area is 132 Å². The summed E-state index contributed by atoms with van der Waals surface area (Å²) in [5, 5.41) is 3.02. The quantitative estimate of drug-likeness (QED) is 0.802. The Morgan fingerprint density at radius 3 is 2.09 bits per heavy atom. The average molecular weight is 348 g/mol. The van der Waals surface area contributed by atoms with Gasteiger partial charge in [-0.15, -0.1) is 0 Å². The summed E-state index contributed by atoms with van der Waals surface area (Å²) in [4.78, 5) is -0.0761. The van der Waals surface area contributed by atoms with Crippen molar-refractivity contribution in [2.45, 2.75) is 36.1 Å². The molecule has 0 amide bonds. The van der Waals surface area contributed by atoms with E-state index in [0.717, 1.165) is 12.5 Å². The molecule has 0 saturated heterocycles. The number of sulfone groups is 2. The summed E-state index contributed by atoms with van der Waals surface area (Å²) in [7, 11) is -7.05. The highest BCUT2D eigenvalue weighted by Crippen LogP contribution is 2.26. The van der Waals surface area contributed by atoms with Crippen LogP contribution in [0.2, 0.25) is 0 Å². The van der Waals surface area contributed by atoms with Gasteiger partial charge in [0, 0.05) is 24.6 Å². The first kappa shape index (κ1) is 18.9. The van der Waals surface area contributed by atoms with Crippen LogP contribution in [0, 0.1) is 5.92 Å². The summed E-state index contributed by atoms with van der Waals surface area (Å²) >= 11 is 0. The third kappa shape index (κ3) is 4.69. The Kier molecular flexibility index (Phi) is 5.31. The zero-order chi connectivity index (χ0) is 17.3. The highest BCUT2D eigenvalue weighted by Gasteiger charge is 2.24. The fourth-order valence-corrected chi connectivity index (χ4v) is 3.28. The van der Waals surface area contributed by atoms with Crippen molar-refractivity contribution in [2.75, 3.05) is 24.4 Å². The van der Waals surface area contributed by atoms with Crippen LogP contribution in [0.25, 0.3) is 0 Å². The van der Waals surface area contributed by atoms with Gasteiger partial charge >= 0.3 is 0 Å². The standard InChI is InChI=1S/C14H24N2O4S2/c1-10(2)14(3,15)9-16-12-7-6-11(21(4,17)18)8-13(12)22(5,19)20/h6-8,10,16H,9,15H2,1-5H3. The van der Waals surface area contributed by atoms with Gasteiger partial charge in [0.05, 0.1) is 15.5 Å². The van der Waals surface area contributed by atoms with Gasteiger partial charge in [0.25, 0.3) is 0 Å². The molecule has 0 heterocycles. The topological polar surface area (TPSA) is 106 Å². The van der Waals surface area contributed by atoms with Gasteiger partial charge in [-0.3, -0.25) is 0 Å². The molecule has 1 aromatic carbocycles. The van der Waals surface area contributed by atoms with Gasteiger partial charge in [-0.1, -0.05) is 13.8 Å². The molecule has 0 saturated carbocycles. The summed E-state index contributed by atoms with van der Waals surface area (Å²) in [5.41, 5.74) is 5.99. The smallest absolute Gasteiger partial charge is 0.177 e. The fourth-order valence-electron chi connectivity index (χ4n) is 1.68. The Hall–Kier alpha value is -1.12. The van der Waals surface area contributed by atoms with Crippen LogP contribution in [0.5, 0.6) is 0 Å². The molecular formula is C14H24N2O4S2. The number of rotatable bonds is 6.